The standard InChI is InChI=1S/C33H45N3O/c1-34-21-27-14-8-16-29-28(27)15-9-18-33(29)23-35-22-30(33)32(37)36-19-17-26(24-10-4-2-5-11-24)20-31(36)25-12-6-3-7-13-25/h2,4-5,8,10-11,14,16,25-26,30-31,34-35H,3,6-7,9,12-13,15,17-23H2,1H3/t26-,30+,31+,33+/m1/s1. The van der Waals surface area contributed by atoms with E-state index in [9.17, 15) is 4.79 Å². The molecule has 2 aromatic rings. The molecule has 2 N–H and O–H groups in total. The second-order valence-electron chi connectivity index (χ2n) is 12.3. The van der Waals surface area contributed by atoms with E-state index in [1.165, 1.54) is 60.8 Å². The Morgan fingerprint density at radius 1 is 1.03 bits per heavy atom. The Hall–Kier alpha value is -2.17. The first-order valence-corrected chi connectivity index (χ1v) is 15.0. The van der Waals surface area contributed by atoms with E-state index in [0.29, 0.717) is 23.8 Å². The molecule has 4 heteroatoms. The zero-order valence-corrected chi connectivity index (χ0v) is 22.7. The summed E-state index contributed by atoms with van der Waals surface area (Å²) >= 11 is 0. The van der Waals surface area contributed by atoms with Gasteiger partial charge in [-0.05, 0) is 86.1 Å². The van der Waals surface area contributed by atoms with Crippen LogP contribution in [0.2, 0.25) is 0 Å². The molecule has 6 rings (SSSR count). The summed E-state index contributed by atoms with van der Waals surface area (Å²) in [5.41, 5.74) is 5.80. The number of carbonyl (C=O) groups is 1. The molecular formula is C33H45N3O. The molecule has 0 radical (unpaired) electrons. The average Bonchev–Trinajstić information content (AvgIpc) is 3.38. The third-order valence-electron chi connectivity index (χ3n) is 10.4. The summed E-state index contributed by atoms with van der Waals surface area (Å²) in [4.78, 5) is 17.1. The molecule has 1 saturated carbocycles. The molecular weight excluding hydrogens is 454 g/mol. The summed E-state index contributed by atoms with van der Waals surface area (Å²) in [6, 6.07) is 18.3. The predicted octanol–water partition coefficient (Wildman–Crippen LogP) is 5.55. The van der Waals surface area contributed by atoms with Gasteiger partial charge in [0.05, 0.1) is 5.92 Å². The number of amides is 1. The highest BCUT2D eigenvalue weighted by molar-refractivity contribution is 5.82. The summed E-state index contributed by atoms with van der Waals surface area (Å²) < 4.78 is 0. The van der Waals surface area contributed by atoms with Gasteiger partial charge in [0.15, 0.2) is 0 Å². The maximum Gasteiger partial charge on any atom is 0.228 e. The minimum Gasteiger partial charge on any atom is -0.339 e. The number of piperidine rings is 1. The molecule has 0 unspecified atom stereocenters. The Bertz CT molecular complexity index is 1080. The van der Waals surface area contributed by atoms with Gasteiger partial charge in [0.25, 0.3) is 0 Å². The number of nitrogens with one attached hydrogen (secondary N) is 2. The van der Waals surface area contributed by atoms with Gasteiger partial charge in [0.2, 0.25) is 5.91 Å². The third-order valence-corrected chi connectivity index (χ3v) is 10.4. The SMILES string of the molecule is CNCc1cccc2c1CCC[C@]21CNC[C@H]1C(=O)N1CC[C@@H](c2ccccc2)C[C@H]1C1CCCCC1. The van der Waals surface area contributed by atoms with E-state index >= 15 is 0 Å². The summed E-state index contributed by atoms with van der Waals surface area (Å²) in [6.45, 7) is 3.58. The van der Waals surface area contributed by atoms with Crippen LogP contribution in [0.3, 0.4) is 0 Å². The van der Waals surface area contributed by atoms with Gasteiger partial charge in [-0.3, -0.25) is 4.79 Å². The first kappa shape index (κ1) is 25.1. The highest BCUT2D eigenvalue weighted by Gasteiger charge is 2.52. The van der Waals surface area contributed by atoms with Crippen LogP contribution in [0, 0.1) is 11.8 Å². The van der Waals surface area contributed by atoms with Crippen molar-refractivity contribution in [3.63, 3.8) is 0 Å². The molecule has 198 valence electrons. The third kappa shape index (κ3) is 4.65. The van der Waals surface area contributed by atoms with Crippen LogP contribution in [0.4, 0.5) is 0 Å². The Balaban J connectivity index is 1.31. The van der Waals surface area contributed by atoms with Crippen LogP contribution in [0.5, 0.6) is 0 Å². The molecule has 2 heterocycles. The fourth-order valence-electron chi connectivity index (χ4n) is 8.56. The molecule has 2 aliphatic carbocycles. The fourth-order valence-corrected chi connectivity index (χ4v) is 8.56. The largest absolute Gasteiger partial charge is 0.339 e. The molecule has 2 aliphatic heterocycles. The molecule has 0 aromatic heterocycles. The van der Waals surface area contributed by atoms with Crippen LogP contribution < -0.4 is 10.6 Å². The maximum atomic E-state index is 14.7. The molecule has 37 heavy (non-hydrogen) atoms. The maximum absolute atomic E-state index is 14.7. The van der Waals surface area contributed by atoms with Crippen LogP contribution >= 0.6 is 0 Å². The normalized spacial score (nSPS) is 30.4. The Kier molecular flexibility index (Phi) is 7.40. The fraction of sp³-hybridized carbons (Fsp3) is 0.606. The van der Waals surface area contributed by atoms with Crippen LogP contribution in [-0.2, 0) is 23.2 Å². The van der Waals surface area contributed by atoms with Crippen LogP contribution in [-0.4, -0.2) is 43.5 Å². The first-order valence-electron chi connectivity index (χ1n) is 15.0. The number of carbonyl (C=O) groups excluding carboxylic acids is 1. The lowest BCUT2D eigenvalue weighted by Crippen LogP contribution is -2.55. The van der Waals surface area contributed by atoms with Gasteiger partial charge in [-0.1, -0.05) is 67.8 Å². The van der Waals surface area contributed by atoms with Crippen molar-refractivity contribution in [2.24, 2.45) is 11.8 Å². The second-order valence-corrected chi connectivity index (χ2v) is 12.3. The van der Waals surface area contributed by atoms with Gasteiger partial charge >= 0.3 is 0 Å². The summed E-state index contributed by atoms with van der Waals surface area (Å²) in [6.07, 6.45) is 12.3. The van der Waals surface area contributed by atoms with Crippen LogP contribution in [0.15, 0.2) is 48.5 Å². The molecule has 4 nitrogen and oxygen atoms in total. The monoisotopic (exact) mass is 499 g/mol. The molecule has 2 saturated heterocycles. The van der Waals surface area contributed by atoms with Crippen molar-refractivity contribution in [3.05, 3.63) is 70.8 Å². The zero-order chi connectivity index (χ0) is 25.2. The lowest BCUT2D eigenvalue weighted by molar-refractivity contribution is -0.143. The van der Waals surface area contributed by atoms with Crippen molar-refractivity contribution in [2.75, 3.05) is 26.7 Å². The average molecular weight is 500 g/mol. The van der Waals surface area contributed by atoms with Gasteiger partial charge in [-0.15, -0.1) is 0 Å². The minimum atomic E-state index is -0.0538. The summed E-state index contributed by atoms with van der Waals surface area (Å²) in [5.74, 6) is 1.73. The van der Waals surface area contributed by atoms with Gasteiger partial charge < -0.3 is 15.5 Å². The number of nitrogens with zero attached hydrogens (tertiary/aromatic N) is 1. The van der Waals surface area contributed by atoms with Crippen molar-refractivity contribution in [1.29, 1.82) is 0 Å². The number of benzene rings is 2. The molecule has 3 fully saturated rings. The minimum absolute atomic E-state index is 0.0516. The zero-order valence-electron chi connectivity index (χ0n) is 22.7. The highest BCUT2D eigenvalue weighted by Crippen LogP contribution is 2.48. The van der Waals surface area contributed by atoms with Gasteiger partial charge in [0, 0.05) is 37.6 Å². The van der Waals surface area contributed by atoms with Gasteiger partial charge in [-0.25, -0.2) is 0 Å². The van der Waals surface area contributed by atoms with E-state index in [1.807, 2.05) is 7.05 Å². The van der Waals surface area contributed by atoms with Crippen molar-refractivity contribution >= 4 is 5.91 Å². The van der Waals surface area contributed by atoms with E-state index in [-0.39, 0.29) is 11.3 Å². The van der Waals surface area contributed by atoms with Crippen LogP contribution in [0.1, 0.15) is 86.0 Å². The Morgan fingerprint density at radius 2 is 1.86 bits per heavy atom. The van der Waals surface area contributed by atoms with Crippen molar-refractivity contribution in [2.45, 2.75) is 88.1 Å². The number of rotatable bonds is 5. The van der Waals surface area contributed by atoms with Crippen LogP contribution in [0.25, 0.3) is 0 Å². The number of hydrogen-bond donors (Lipinski definition) is 2. The molecule has 4 aliphatic rings. The molecule has 1 spiro atoms. The summed E-state index contributed by atoms with van der Waals surface area (Å²) in [5, 5.41) is 7.08. The quantitative estimate of drug-likeness (QED) is 0.567. The Morgan fingerprint density at radius 3 is 2.68 bits per heavy atom. The van der Waals surface area contributed by atoms with E-state index in [0.717, 1.165) is 51.9 Å². The Labute approximate surface area is 223 Å². The first-order chi connectivity index (χ1) is 18.2. The second kappa shape index (κ2) is 10.9. The van der Waals surface area contributed by atoms with Crippen molar-refractivity contribution in [1.82, 2.24) is 15.5 Å². The van der Waals surface area contributed by atoms with E-state index in [4.69, 9.17) is 0 Å². The lowest BCUT2D eigenvalue weighted by atomic mass is 9.63. The highest BCUT2D eigenvalue weighted by atomic mass is 16.2. The van der Waals surface area contributed by atoms with Crippen molar-refractivity contribution < 1.29 is 4.79 Å². The number of likely N-dealkylation sites (tertiary alicyclic amines) is 1. The number of hydrogen-bond acceptors (Lipinski definition) is 3. The van der Waals surface area contributed by atoms with Crippen molar-refractivity contribution in [3.8, 4) is 0 Å². The van der Waals surface area contributed by atoms with E-state index < -0.39 is 0 Å². The smallest absolute Gasteiger partial charge is 0.228 e. The predicted molar refractivity (Wildman–Crippen MR) is 151 cm³/mol. The van der Waals surface area contributed by atoms with Gasteiger partial charge in [0.1, 0.15) is 0 Å². The lowest BCUT2D eigenvalue weighted by Gasteiger charge is -2.48. The van der Waals surface area contributed by atoms with Gasteiger partial charge in [-0.2, -0.15) is 0 Å². The molecule has 2 aromatic carbocycles. The topological polar surface area (TPSA) is 44.4 Å². The molecule has 1 amide bonds. The summed E-state index contributed by atoms with van der Waals surface area (Å²) in [7, 11) is 2.03. The molecule has 4 atom stereocenters. The number of fused-ring (bicyclic) bond motifs is 2. The van der Waals surface area contributed by atoms with E-state index in [1.54, 1.807) is 0 Å². The van der Waals surface area contributed by atoms with E-state index in [2.05, 4.69) is 64.1 Å². The molecule has 0 bridgehead atoms.